The zero-order valence-electron chi connectivity index (χ0n) is 17.7. The molecule has 2 aromatic heterocycles. The molecule has 1 atom stereocenters. The average Bonchev–Trinajstić information content (AvgIpc) is 3.08. The molecule has 164 valence electrons. The van der Waals surface area contributed by atoms with Crippen LogP contribution in [0.4, 0.5) is 0 Å². The van der Waals surface area contributed by atoms with Gasteiger partial charge < -0.3 is 9.47 Å². The van der Waals surface area contributed by atoms with E-state index < -0.39 is 12.0 Å². The molecule has 0 aliphatic carbocycles. The minimum atomic E-state index is -0.677. The van der Waals surface area contributed by atoms with Crippen molar-refractivity contribution in [3.05, 3.63) is 89.3 Å². The Morgan fingerprint density at radius 1 is 1.34 bits per heavy atom. The quantitative estimate of drug-likeness (QED) is 0.489. The molecule has 0 spiro atoms. The summed E-state index contributed by atoms with van der Waals surface area (Å²) in [6.07, 6.45) is 5.14. The summed E-state index contributed by atoms with van der Waals surface area (Å²) in [6.45, 7) is 3.73. The van der Waals surface area contributed by atoms with Crippen LogP contribution in [0.3, 0.4) is 0 Å². The number of allylic oxidation sites excluding steroid dienone is 1. The van der Waals surface area contributed by atoms with E-state index in [0.717, 1.165) is 11.1 Å². The molecule has 0 saturated carbocycles. The lowest BCUT2D eigenvalue weighted by Crippen LogP contribution is -2.39. The van der Waals surface area contributed by atoms with Crippen LogP contribution >= 0.6 is 27.3 Å². The second-order valence-corrected chi connectivity index (χ2v) is 8.85. The number of esters is 1. The Hall–Kier alpha value is -3.04. The molecule has 0 N–H and O–H groups in total. The van der Waals surface area contributed by atoms with Crippen LogP contribution in [0.15, 0.2) is 68.3 Å². The molecule has 4 rings (SSSR count). The Bertz CT molecular complexity index is 1390. The van der Waals surface area contributed by atoms with Gasteiger partial charge in [-0.3, -0.25) is 14.3 Å². The second-order valence-electron chi connectivity index (χ2n) is 6.98. The van der Waals surface area contributed by atoms with Crippen molar-refractivity contribution >= 4 is 39.3 Å². The maximum absolute atomic E-state index is 13.5. The van der Waals surface area contributed by atoms with Crippen molar-refractivity contribution < 1.29 is 14.3 Å². The first-order chi connectivity index (χ1) is 15.4. The summed E-state index contributed by atoms with van der Waals surface area (Å²) in [4.78, 5) is 35.6. The van der Waals surface area contributed by atoms with Crippen molar-refractivity contribution in [2.24, 2.45) is 4.99 Å². The molecule has 7 nitrogen and oxygen atoms in total. The number of nitrogens with zero attached hydrogens (tertiary/aromatic N) is 3. The number of hydrogen-bond donors (Lipinski definition) is 0. The molecular weight excluding hydrogens is 494 g/mol. The molecular formula is C23H20BrN3O4S. The van der Waals surface area contributed by atoms with Crippen LogP contribution in [0.5, 0.6) is 5.75 Å². The van der Waals surface area contributed by atoms with Gasteiger partial charge in [-0.15, -0.1) is 0 Å². The van der Waals surface area contributed by atoms with Crippen molar-refractivity contribution in [3.8, 4) is 5.75 Å². The van der Waals surface area contributed by atoms with Gasteiger partial charge in [0.2, 0.25) is 0 Å². The van der Waals surface area contributed by atoms with Gasteiger partial charge in [-0.2, -0.15) is 0 Å². The number of hydrogen-bond acceptors (Lipinski definition) is 7. The molecule has 1 unspecified atom stereocenters. The summed E-state index contributed by atoms with van der Waals surface area (Å²) in [7, 11) is 1.58. The van der Waals surface area contributed by atoms with E-state index in [-0.39, 0.29) is 12.2 Å². The summed E-state index contributed by atoms with van der Waals surface area (Å²) >= 11 is 4.78. The number of halogens is 1. The van der Waals surface area contributed by atoms with Gasteiger partial charge >= 0.3 is 5.97 Å². The summed E-state index contributed by atoms with van der Waals surface area (Å²) in [5.74, 6) is 0.156. The number of ether oxygens (including phenoxy) is 2. The SMILES string of the molecule is CCOC(=O)C1=C(C)N=c2sc(=Cc3cccnc3)c(=O)n2C1c1ccc(OC)c(Br)c1. The van der Waals surface area contributed by atoms with Crippen LogP contribution in [0.25, 0.3) is 6.08 Å². The number of aromatic nitrogens is 2. The van der Waals surface area contributed by atoms with Crippen LogP contribution in [-0.2, 0) is 9.53 Å². The lowest BCUT2D eigenvalue weighted by atomic mass is 9.96. The monoisotopic (exact) mass is 513 g/mol. The first-order valence-corrected chi connectivity index (χ1v) is 11.5. The molecule has 3 aromatic rings. The van der Waals surface area contributed by atoms with Crippen LogP contribution in [0.1, 0.15) is 31.0 Å². The van der Waals surface area contributed by atoms with Gasteiger partial charge in [0.25, 0.3) is 5.56 Å². The largest absolute Gasteiger partial charge is 0.496 e. The molecule has 0 radical (unpaired) electrons. The van der Waals surface area contributed by atoms with E-state index in [2.05, 4.69) is 25.9 Å². The van der Waals surface area contributed by atoms with E-state index in [1.54, 1.807) is 50.1 Å². The second kappa shape index (κ2) is 9.22. The van der Waals surface area contributed by atoms with Crippen LogP contribution in [0, 0.1) is 0 Å². The Labute approximate surface area is 196 Å². The summed E-state index contributed by atoms with van der Waals surface area (Å²) in [5, 5.41) is 0. The Morgan fingerprint density at radius 2 is 2.16 bits per heavy atom. The van der Waals surface area contributed by atoms with Crippen LogP contribution < -0.4 is 19.6 Å². The molecule has 32 heavy (non-hydrogen) atoms. The Kier molecular flexibility index (Phi) is 6.38. The summed E-state index contributed by atoms with van der Waals surface area (Å²) in [6, 6.07) is 8.48. The fourth-order valence-electron chi connectivity index (χ4n) is 3.57. The molecule has 1 aromatic carbocycles. The van der Waals surface area contributed by atoms with E-state index in [1.165, 1.54) is 11.3 Å². The maximum atomic E-state index is 13.5. The molecule has 0 bridgehead atoms. The molecule has 1 aliphatic heterocycles. The van der Waals surface area contributed by atoms with Crippen molar-refractivity contribution in [1.29, 1.82) is 0 Å². The van der Waals surface area contributed by atoms with Crippen molar-refractivity contribution in [2.75, 3.05) is 13.7 Å². The smallest absolute Gasteiger partial charge is 0.338 e. The molecule has 1 aliphatic rings. The van der Waals surface area contributed by atoms with Crippen molar-refractivity contribution in [2.45, 2.75) is 19.9 Å². The van der Waals surface area contributed by atoms with Crippen molar-refractivity contribution in [1.82, 2.24) is 9.55 Å². The predicted molar refractivity (Wildman–Crippen MR) is 125 cm³/mol. The molecule has 0 fully saturated rings. The number of pyridine rings is 1. The standard InChI is InChI=1S/C23H20BrN3O4S/c1-4-31-22(29)19-13(2)26-23-27(20(19)15-7-8-17(30-3)16(24)11-15)21(28)18(32-23)10-14-6-5-9-25-12-14/h5-12,20H,4H2,1-3H3. The van der Waals surface area contributed by atoms with Gasteiger partial charge in [0.1, 0.15) is 5.75 Å². The lowest BCUT2D eigenvalue weighted by molar-refractivity contribution is -0.139. The minimum absolute atomic E-state index is 0.222. The first-order valence-electron chi connectivity index (χ1n) is 9.87. The third kappa shape index (κ3) is 4.05. The number of fused-ring (bicyclic) bond motifs is 1. The Balaban J connectivity index is 1.97. The highest BCUT2D eigenvalue weighted by Gasteiger charge is 2.33. The lowest BCUT2D eigenvalue weighted by Gasteiger charge is -2.25. The number of methoxy groups -OCH3 is 1. The van der Waals surface area contributed by atoms with E-state index in [4.69, 9.17) is 9.47 Å². The van der Waals surface area contributed by atoms with Crippen LogP contribution in [0.2, 0.25) is 0 Å². The van der Waals surface area contributed by atoms with E-state index in [0.29, 0.717) is 30.8 Å². The summed E-state index contributed by atoms with van der Waals surface area (Å²) < 4.78 is 13.4. The number of thiazole rings is 1. The third-order valence-electron chi connectivity index (χ3n) is 4.99. The number of benzene rings is 1. The highest BCUT2D eigenvalue weighted by molar-refractivity contribution is 9.10. The molecule has 0 saturated heterocycles. The zero-order valence-corrected chi connectivity index (χ0v) is 20.1. The van der Waals surface area contributed by atoms with E-state index in [1.807, 2.05) is 24.3 Å². The molecule has 9 heteroatoms. The fraction of sp³-hybridized carbons (Fsp3) is 0.217. The Morgan fingerprint density at radius 3 is 2.81 bits per heavy atom. The fourth-order valence-corrected chi connectivity index (χ4v) is 5.18. The maximum Gasteiger partial charge on any atom is 0.338 e. The highest BCUT2D eigenvalue weighted by Crippen LogP contribution is 2.34. The third-order valence-corrected chi connectivity index (χ3v) is 6.59. The number of carbonyl (C=O) groups is 1. The topological polar surface area (TPSA) is 82.8 Å². The first kappa shape index (κ1) is 22.2. The van der Waals surface area contributed by atoms with Crippen molar-refractivity contribution in [3.63, 3.8) is 0 Å². The molecule has 3 heterocycles. The number of carbonyl (C=O) groups excluding carboxylic acids is 1. The predicted octanol–water partition coefficient (Wildman–Crippen LogP) is 2.96. The summed E-state index contributed by atoms with van der Waals surface area (Å²) in [5.41, 5.74) is 2.18. The highest BCUT2D eigenvalue weighted by atomic mass is 79.9. The molecule has 0 amide bonds. The minimum Gasteiger partial charge on any atom is -0.496 e. The van der Waals surface area contributed by atoms with Gasteiger partial charge in [0, 0.05) is 12.4 Å². The van der Waals surface area contributed by atoms with Gasteiger partial charge in [0.05, 0.1) is 40.0 Å². The normalized spacial score (nSPS) is 15.9. The average molecular weight is 514 g/mol. The van der Waals surface area contributed by atoms with Crippen LogP contribution in [-0.4, -0.2) is 29.2 Å². The van der Waals surface area contributed by atoms with E-state index in [9.17, 15) is 9.59 Å². The van der Waals surface area contributed by atoms with Gasteiger partial charge in [-0.1, -0.05) is 23.5 Å². The van der Waals surface area contributed by atoms with E-state index >= 15 is 0 Å². The number of rotatable bonds is 5. The van der Waals surface area contributed by atoms with Gasteiger partial charge in [-0.25, -0.2) is 9.79 Å². The zero-order chi connectivity index (χ0) is 22.8. The van der Waals surface area contributed by atoms with Gasteiger partial charge in [0.15, 0.2) is 4.80 Å². The van der Waals surface area contributed by atoms with Gasteiger partial charge in [-0.05, 0) is 65.2 Å².